The number of nitrogen functional groups attached to an aromatic ring is 1. The number of hydrogen-bond donors (Lipinski definition) is 1. The molecule has 7 heteroatoms. The van der Waals surface area contributed by atoms with Crippen molar-refractivity contribution in [2.75, 3.05) is 12.8 Å². The Labute approximate surface area is 156 Å². The first kappa shape index (κ1) is 17.9. The first-order valence-corrected chi connectivity index (χ1v) is 8.49. The first-order chi connectivity index (χ1) is 12.4. The van der Waals surface area contributed by atoms with Crippen molar-refractivity contribution in [2.45, 2.75) is 19.9 Å². The molecular formula is C19H19ClN4O2. The topological polar surface area (TPSA) is 83.0 Å². The SMILES string of the molecule is COc1ccccc1-c1nc(N)c(Cl)cc1-c1ccc(=O)n(C(C)C)n1. The molecule has 1 aromatic carbocycles. The summed E-state index contributed by atoms with van der Waals surface area (Å²) in [5.74, 6) is 0.869. The van der Waals surface area contributed by atoms with Gasteiger partial charge in [0.15, 0.2) is 0 Å². The molecule has 6 nitrogen and oxygen atoms in total. The van der Waals surface area contributed by atoms with Crippen LogP contribution in [0, 0.1) is 0 Å². The normalized spacial score (nSPS) is 11.0. The van der Waals surface area contributed by atoms with Gasteiger partial charge in [0.1, 0.15) is 11.6 Å². The number of rotatable bonds is 4. The van der Waals surface area contributed by atoms with E-state index in [4.69, 9.17) is 22.1 Å². The molecular weight excluding hydrogens is 352 g/mol. The van der Waals surface area contributed by atoms with Crippen molar-refractivity contribution < 1.29 is 4.74 Å². The van der Waals surface area contributed by atoms with Crippen LogP contribution in [0.4, 0.5) is 5.82 Å². The molecule has 0 fully saturated rings. The van der Waals surface area contributed by atoms with E-state index in [9.17, 15) is 4.79 Å². The molecule has 2 heterocycles. The maximum absolute atomic E-state index is 12.0. The number of pyridine rings is 1. The van der Waals surface area contributed by atoms with E-state index in [2.05, 4.69) is 10.1 Å². The minimum Gasteiger partial charge on any atom is -0.496 e. The molecule has 0 spiro atoms. The Morgan fingerprint density at radius 2 is 1.88 bits per heavy atom. The quantitative estimate of drug-likeness (QED) is 0.755. The van der Waals surface area contributed by atoms with Gasteiger partial charge in [-0.2, -0.15) is 5.10 Å². The molecule has 26 heavy (non-hydrogen) atoms. The van der Waals surface area contributed by atoms with Crippen LogP contribution in [0.25, 0.3) is 22.5 Å². The van der Waals surface area contributed by atoms with Gasteiger partial charge in [0.05, 0.1) is 29.6 Å². The van der Waals surface area contributed by atoms with Crippen LogP contribution in [-0.4, -0.2) is 21.9 Å². The zero-order valence-corrected chi connectivity index (χ0v) is 15.5. The summed E-state index contributed by atoms with van der Waals surface area (Å²) in [4.78, 5) is 16.5. The minimum atomic E-state index is -0.169. The molecule has 0 saturated carbocycles. The summed E-state index contributed by atoms with van der Waals surface area (Å²) < 4.78 is 6.87. The number of ether oxygens (including phenoxy) is 1. The zero-order valence-electron chi connectivity index (χ0n) is 14.7. The van der Waals surface area contributed by atoms with Crippen molar-refractivity contribution in [1.29, 1.82) is 0 Å². The number of nitrogens with zero attached hydrogens (tertiary/aromatic N) is 3. The van der Waals surface area contributed by atoms with E-state index in [1.54, 1.807) is 19.2 Å². The van der Waals surface area contributed by atoms with Crippen LogP contribution < -0.4 is 16.0 Å². The second kappa shape index (κ2) is 7.17. The van der Waals surface area contributed by atoms with Gasteiger partial charge in [-0.05, 0) is 38.1 Å². The number of benzene rings is 1. The molecule has 0 unspecified atom stereocenters. The Hall–Kier alpha value is -2.86. The largest absolute Gasteiger partial charge is 0.496 e. The van der Waals surface area contributed by atoms with E-state index in [1.165, 1.54) is 10.7 Å². The smallest absolute Gasteiger partial charge is 0.267 e. The highest BCUT2D eigenvalue weighted by Crippen LogP contribution is 2.37. The molecule has 0 saturated heterocycles. The summed E-state index contributed by atoms with van der Waals surface area (Å²) in [6, 6.07) is 12.3. The van der Waals surface area contributed by atoms with E-state index >= 15 is 0 Å². The third kappa shape index (κ3) is 3.28. The van der Waals surface area contributed by atoms with Crippen LogP contribution >= 0.6 is 11.6 Å². The number of halogens is 1. The predicted octanol–water partition coefficient (Wildman–Crippen LogP) is 3.80. The molecule has 2 aromatic heterocycles. The summed E-state index contributed by atoms with van der Waals surface area (Å²) in [7, 11) is 1.59. The second-order valence-electron chi connectivity index (χ2n) is 6.05. The van der Waals surface area contributed by atoms with Crippen LogP contribution in [-0.2, 0) is 0 Å². The fraction of sp³-hybridized carbons (Fsp3) is 0.211. The molecule has 0 atom stereocenters. The first-order valence-electron chi connectivity index (χ1n) is 8.12. The Morgan fingerprint density at radius 3 is 2.58 bits per heavy atom. The van der Waals surface area contributed by atoms with Gasteiger partial charge in [0.25, 0.3) is 5.56 Å². The van der Waals surface area contributed by atoms with Crippen LogP contribution in [0.15, 0.2) is 47.3 Å². The maximum Gasteiger partial charge on any atom is 0.267 e. The number of anilines is 1. The van der Waals surface area contributed by atoms with Crippen molar-refractivity contribution >= 4 is 17.4 Å². The number of aromatic nitrogens is 3. The lowest BCUT2D eigenvalue weighted by Gasteiger charge is -2.15. The average molecular weight is 371 g/mol. The predicted molar refractivity (Wildman–Crippen MR) is 104 cm³/mol. The lowest BCUT2D eigenvalue weighted by Crippen LogP contribution is -2.24. The molecule has 0 bridgehead atoms. The van der Waals surface area contributed by atoms with E-state index < -0.39 is 0 Å². The molecule has 2 N–H and O–H groups in total. The fourth-order valence-electron chi connectivity index (χ4n) is 2.68. The van der Waals surface area contributed by atoms with Crippen LogP contribution in [0.3, 0.4) is 0 Å². The molecule has 0 aliphatic carbocycles. The highest BCUT2D eigenvalue weighted by Gasteiger charge is 2.18. The minimum absolute atomic E-state index is 0.0747. The van der Waals surface area contributed by atoms with Gasteiger partial charge in [-0.15, -0.1) is 0 Å². The highest BCUT2D eigenvalue weighted by atomic mass is 35.5. The second-order valence-corrected chi connectivity index (χ2v) is 6.45. The highest BCUT2D eigenvalue weighted by molar-refractivity contribution is 6.33. The van der Waals surface area contributed by atoms with Gasteiger partial charge in [-0.25, -0.2) is 9.67 Å². The molecule has 134 valence electrons. The van der Waals surface area contributed by atoms with Gasteiger partial charge in [-0.1, -0.05) is 23.7 Å². The van der Waals surface area contributed by atoms with E-state index in [1.807, 2.05) is 38.1 Å². The van der Waals surface area contributed by atoms with Crippen molar-refractivity contribution in [1.82, 2.24) is 14.8 Å². The molecule has 0 aliphatic heterocycles. The molecule has 0 amide bonds. The summed E-state index contributed by atoms with van der Waals surface area (Å²) >= 11 is 6.22. The fourth-order valence-corrected chi connectivity index (χ4v) is 2.83. The van der Waals surface area contributed by atoms with Crippen LogP contribution in [0.5, 0.6) is 5.75 Å². The van der Waals surface area contributed by atoms with Crippen molar-refractivity contribution in [3.8, 4) is 28.3 Å². The summed E-state index contributed by atoms with van der Waals surface area (Å²) in [6.07, 6.45) is 0. The Balaban J connectivity index is 2.30. The van der Waals surface area contributed by atoms with Gasteiger partial charge in [0, 0.05) is 17.2 Å². The lowest BCUT2D eigenvalue weighted by molar-refractivity contribution is 0.416. The number of methoxy groups -OCH3 is 1. The summed E-state index contributed by atoms with van der Waals surface area (Å²) in [5, 5.41) is 4.80. The molecule has 0 radical (unpaired) electrons. The van der Waals surface area contributed by atoms with Crippen molar-refractivity contribution in [2.24, 2.45) is 0 Å². The summed E-state index contributed by atoms with van der Waals surface area (Å²) in [6.45, 7) is 3.79. The Kier molecular flexibility index (Phi) is 4.95. The third-order valence-corrected chi connectivity index (χ3v) is 4.26. The average Bonchev–Trinajstić information content (AvgIpc) is 2.64. The maximum atomic E-state index is 12.0. The third-order valence-electron chi connectivity index (χ3n) is 3.96. The van der Waals surface area contributed by atoms with Crippen LogP contribution in [0.2, 0.25) is 5.02 Å². The molecule has 0 aliphatic rings. The Bertz CT molecular complexity index is 1010. The van der Waals surface area contributed by atoms with Crippen LogP contribution in [0.1, 0.15) is 19.9 Å². The number of hydrogen-bond acceptors (Lipinski definition) is 5. The van der Waals surface area contributed by atoms with E-state index in [-0.39, 0.29) is 17.4 Å². The number of para-hydroxylation sites is 1. The van der Waals surface area contributed by atoms with Gasteiger partial charge < -0.3 is 10.5 Å². The van der Waals surface area contributed by atoms with Gasteiger partial charge in [0.2, 0.25) is 0 Å². The van der Waals surface area contributed by atoms with Gasteiger partial charge >= 0.3 is 0 Å². The summed E-state index contributed by atoms with van der Waals surface area (Å²) in [5.41, 5.74) is 8.37. The van der Waals surface area contributed by atoms with E-state index in [0.29, 0.717) is 27.7 Å². The van der Waals surface area contributed by atoms with E-state index in [0.717, 1.165) is 5.56 Å². The molecule has 3 rings (SSSR count). The van der Waals surface area contributed by atoms with Crippen molar-refractivity contribution in [3.63, 3.8) is 0 Å². The van der Waals surface area contributed by atoms with Gasteiger partial charge in [-0.3, -0.25) is 4.79 Å². The number of nitrogens with two attached hydrogens (primary N) is 1. The molecule has 3 aromatic rings. The monoisotopic (exact) mass is 370 g/mol. The standard InChI is InChI=1S/C19H19ClN4O2/c1-11(2)24-17(25)9-8-15(23-24)13-10-14(20)19(21)22-18(13)12-6-4-5-7-16(12)26-3/h4-11H,1-3H3,(H2,21,22). The van der Waals surface area contributed by atoms with Crippen molar-refractivity contribution in [3.05, 3.63) is 57.8 Å². The lowest BCUT2D eigenvalue weighted by atomic mass is 10.0. The Morgan fingerprint density at radius 1 is 1.15 bits per heavy atom. The zero-order chi connectivity index (χ0) is 18.8.